The molecule has 0 bridgehead atoms. The number of benzene rings is 7. The zero-order valence-electron chi connectivity index (χ0n) is 26.4. The highest BCUT2D eigenvalue weighted by Gasteiger charge is 2.26. The molecule has 0 amide bonds. The molecule has 2 heterocycles. The normalized spacial score (nSPS) is 12.3. The van der Waals surface area contributed by atoms with Gasteiger partial charge in [-0.15, -0.1) is 0 Å². The van der Waals surface area contributed by atoms with Crippen LogP contribution in [0.25, 0.3) is 82.8 Å². The lowest BCUT2D eigenvalue weighted by Gasteiger charge is -2.17. The second-order valence-corrected chi connectivity index (χ2v) is 12.7. The lowest BCUT2D eigenvalue weighted by molar-refractivity contribution is 1.00. The fourth-order valence-electron chi connectivity index (χ4n) is 8.16. The van der Waals surface area contributed by atoms with E-state index in [0.29, 0.717) is 28.9 Å². The minimum absolute atomic E-state index is 0.505. The average molecular weight is 623 g/mol. The molecule has 226 valence electrons. The Kier molecular flexibility index (Phi) is 5.73. The number of para-hydroxylation sites is 1. The van der Waals surface area contributed by atoms with Crippen molar-refractivity contribution in [2.24, 2.45) is 0 Å². The zero-order chi connectivity index (χ0) is 32.6. The molecule has 49 heavy (non-hydrogen) atoms. The second kappa shape index (κ2) is 10.3. The number of aromatic nitrogens is 2. The van der Waals surface area contributed by atoms with Gasteiger partial charge in [0.05, 0.1) is 39.1 Å². The van der Waals surface area contributed by atoms with E-state index in [2.05, 4.69) is 149 Å². The van der Waals surface area contributed by atoms with Gasteiger partial charge in [-0.05, 0) is 63.0 Å². The predicted molar refractivity (Wildman–Crippen MR) is 200 cm³/mol. The first-order chi connectivity index (χ1) is 24.2. The molecule has 4 heteroatoms. The number of fused-ring (bicyclic) bond motifs is 12. The van der Waals surface area contributed by atoms with Gasteiger partial charge in [0.15, 0.2) is 0 Å². The van der Waals surface area contributed by atoms with E-state index in [-0.39, 0.29) is 0 Å². The molecule has 0 spiro atoms. The van der Waals surface area contributed by atoms with Crippen LogP contribution in [0.4, 0.5) is 0 Å². The number of hydrogen-bond acceptors (Lipinski definition) is 2. The van der Waals surface area contributed by atoms with E-state index < -0.39 is 0 Å². The van der Waals surface area contributed by atoms with Crippen LogP contribution in [-0.2, 0) is 6.42 Å². The second-order valence-electron chi connectivity index (χ2n) is 12.7. The number of nitrogens with zero attached hydrogens (tertiary/aromatic N) is 4. The van der Waals surface area contributed by atoms with Crippen LogP contribution in [0.2, 0.25) is 0 Å². The van der Waals surface area contributed by atoms with E-state index in [1.165, 1.54) is 22.1 Å². The van der Waals surface area contributed by atoms with Gasteiger partial charge in [0.2, 0.25) is 0 Å². The topological polar surface area (TPSA) is 57.4 Å². The van der Waals surface area contributed by atoms with Crippen molar-refractivity contribution in [2.45, 2.75) is 6.42 Å². The van der Waals surface area contributed by atoms with Crippen LogP contribution in [0, 0.1) is 22.7 Å². The van der Waals surface area contributed by atoms with Gasteiger partial charge >= 0.3 is 0 Å². The molecule has 7 aromatic carbocycles. The van der Waals surface area contributed by atoms with Crippen molar-refractivity contribution in [2.75, 3.05) is 0 Å². The van der Waals surface area contributed by atoms with Crippen molar-refractivity contribution in [1.82, 2.24) is 9.13 Å². The first-order valence-electron chi connectivity index (χ1n) is 16.5. The molecule has 0 N–H and O–H groups in total. The van der Waals surface area contributed by atoms with Gasteiger partial charge in [-0.2, -0.15) is 10.5 Å². The average Bonchev–Trinajstić information content (AvgIpc) is 3.60. The predicted octanol–water partition coefficient (Wildman–Crippen LogP) is 11.0. The molecule has 0 atom stereocenters. The largest absolute Gasteiger partial charge is 0.311 e. The number of rotatable bonds is 2. The van der Waals surface area contributed by atoms with Crippen LogP contribution in [0.5, 0.6) is 0 Å². The number of nitriles is 2. The quantitative estimate of drug-likeness (QED) is 0.193. The molecule has 0 radical (unpaired) electrons. The first kappa shape index (κ1) is 27.3. The third-order valence-electron chi connectivity index (χ3n) is 10.2. The van der Waals surface area contributed by atoms with Gasteiger partial charge < -0.3 is 9.13 Å². The van der Waals surface area contributed by atoms with E-state index >= 15 is 0 Å². The van der Waals surface area contributed by atoms with Crippen molar-refractivity contribution >= 4 is 60.3 Å². The Bertz CT molecular complexity index is 2990. The van der Waals surface area contributed by atoms with Crippen LogP contribution in [-0.4, -0.2) is 9.13 Å². The molecule has 0 saturated heterocycles. The number of allylic oxidation sites excluding steroid dienone is 1. The van der Waals surface area contributed by atoms with Crippen molar-refractivity contribution < 1.29 is 0 Å². The Labute approximate surface area is 282 Å². The summed E-state index contributed by atoms with van der Waals surface area (Å²) in [5.74, 6) is 0. The summed E-state index contributed by atoms with van der Waals surface area (Å²) in [7, 11) is 0. The summed E-state index contributed by atoms with van der Waals surface area (Å²) in [6.45, 7) is 0. The minimum atomic E-state index is 0.505. The molecule has 2 aromatic heterocycles. The summed E-state index contributed by atoms with van der Waals surface area (Å²) in [6, 6.07) is 51.3. The van der Waals surface area contributed by atoms with E-state index in [1.807, 2.05) is 18.2 Å². The molecule has 10 rings (SSSR count). The van der Waals surface area contributed by atoms with Crippen LogP contribution >= 0.6 is 0 Å². The van der Waals surface area contributed by atoms with Gasteiger partial charge in [0, 0.05) is 33.8 Å². The molecule has 1 aliphatic carbocycles. The summed E-state index contributed by atoms with van der Waals surface area (Å²) in [6.07, 6.45) is 5.08. The highest BCUT2D eigenvalue weighted by Crippen LogP contribution is 2.45. The maximum absolute atomic E-state index is 10.9. The van der Waals surface area contributed by atoms with Crippen LogP contribution in [0.3, 0.4) is 0 Å². The fraction of sp³-hybridized carbons (Fsp3) is 0.0222. The molecule has 0 fully saturated rings. The van der Waals surface area contributed by atoms with Gasteiger partial charge in [0.25, 0.3) is 0 Å². The van der Waals surface area contributed by atoms with Crippen molar-refractivity contribution in [3.05, 3.63) is 162 Å². The van der Waals surface area contributed by atoms with Crippen LogP contribution < -0.4 is 0 Å². The van der Waals surface area contributed by atoms with E-state index in [0.717, 1.165) is 54.6 Å². The molecule has 9 aromatic rings. The molecular formula is C45H26N4. The first-order valence-corrected chi connectivity index (χ1v) is 16.5. The Hall–Kier alpha value is -6.88. The molecule has 4 nitrogen and oxygen atoms in total. The summed E-state index contributed by atoms with van der Waals surface area (Å²) in [5.41, 5.74) is 10.0. The van der Waals surface area contributed by atoms with Gasteiger partial charge in [0.1, 0.15) is 12.1 Å². The molecule has 0 aliphatic heterocycles. The lowest BCUT2D eigenvalue weighted by Crippen LogP contribution is -2.06. The summed E-state index contributed by atoms with van der Waals surface area (Å²) in [4.78, 5) is 0. The highest BCUT2D eigenvalue weighted by atomic mass is 15.0. The van der Waals surface area contributed by atoms with E-state index in [4.69, 9.17) is 0 Å². The maximum atomic E-state index is 10.9. The van der Waals surface area contributed by atoms with Crippen LogP contribution in [0.1, 0.15) is 22.4 Å². The Morgan fingerprint density at radius 2 is 1.08 bits per heavy atom. The van der Waals surface area contributed by atoms with Crippen molar-refractivity contribution in [3.8, 4) is 34.6 Å². The molecule has 0 saturated carbocycles. The summed E-state index contributed by atoms with van der Waals surface area (Å²) >= 11 is 0. The Balaban J connectivity index is 1.32. The van der Waals surface area contributed by atoms with Gasteiger partial charge in [-0.25, -0.2) is 0 Å². The minimum Gasteiger partial charge on any atom is -0.311 e. The van der Waals surface area contributed by atoms with Crippen molar-refractivity contribution in [3.63, 3.8) is 0 Å². The standard InChI is InChI=1S/C45H26N4/c46-26-31-25-42(32(27-47)24-41(31)48-37-18-8-7-17-36(37)43-33-14-4-2-11-29(33)20-22-39(43)48)49-38-19-9-13-28-10-1-5-15-34(28)44(38)45-35-16-6-3-12-30(35)21-23-40(45)49/h1-18,20-25H,19H2. The number of hydrogen-bond donors (Lipinski definition) is 0. The third-order valence-corrected chi connectivity index (χ3v) is 10.2. The van der Waals surface area contributed by atoms with E-state index in [1.54, 1.807) is 0 Å². The smallest absolute Gasteiger partial charge is 0.101 e. The highest BCUT2D eigenvalue weighted by molar-refractivity contribution is 6.21. The molecule has 1 aliphatic rings. The fourth-order valence-corrected chi connectivity index (χ4v) is 8.16. The van der Waals surface area contributed by atoms with Crippen molar-refractivity contribution in [1.29, 1.82) is 10.5 Å². The third kappa shape index (κ3) is 3.77. The maximum Gasteiger partial charge on any atom is 0.101 e. The Morgan fingerprint density at radius 3 is 1.80 bits per heavy atom. The zero-order valence-corrected chi connectivity index (χ0v) is 26.4. The van der Waals surface area contributed by atoms with Gasteiger partial charge in [-0.1, -0.05) is 115 Å². The Morgan fingerprint density at radius 1 is 0.510 bits per heavy atom. The molecular weight excluding hydrogens is 597 g/mol. The SMILES string of the molecule is N#Cc1cc(-n2c3ccccc3c3c4ccccc4ccc32)c(C#N)cc1-n1c2c(c3c4ccccc4ccc31)-c1ccccc1C=CC2. The van der Waals surface area contributed by atoms with Gasteiger partial charge in [-0.3, -0.25) is 0 Å². The molecule has 0 unspecified atom stereocenters. The summed E-state index contributed by atoms with van der Waals surface area (Å²) in [5, 5.41) is 29.7. The van der Waals surface area contributed by atoms with Crippen LogP contribution in [0.15, 0.2) is 140 Å². The monoisotopic (exact) mass is 622 g/mol. The lowest BCUT2D eigenvalue weighted by atomic mass is 9.95. The van der Waals surface area contributed by atoms with E-state index in [9.17, 15) is 10.5 Å². The summed E-state index contributed by atoms with van der Waals surface area (Å²) < 4.78 is 4.38.